The lowest BCUT2D eigenvalue weighted by atomic mass is 10.6. The van der Waals surface area contributed by atoms with Gasteiger partial charge in [0.2, 0.25) is 0 Å². The number of anilines is 1. The minimum atomic E-state index is -4.31. The third-order valence-corrected chi connectivity index (χ3v) is 7.57. The summed E-state index contributed by atoms with van der Waals surface area (Å²) >= 11 is 0. The largest absolute Gasteiger partial charge is 0.381 e. The van der Waals surface area contributed by atoms with Crippen molar-refractivity contribution in [2.45, 2.75) is 17.5 Å². The molecule has 0 amide bonds. The van der Waals surface area contributed by atoms with Gasteiger partial charge in [0.05, 0.1) is 47.1 Å². The summed E-state index contributed by atoms with van der Waals surface area (Å²) in [5.74, 6) is -3.30. The topological polar surface area (TPSA) is 215 Å². The highest BCUT2D eigenvalue weighted by atomic mass is 32.2. The number of nitrogens with zero attached hydrogens (tertiary/aromatic N) is 10. The van der Waals surface area contributed by atoms with Gasteiger partial charge in [-0.3, -0.25) is 8.78 Å². The summed E-state index contributed by atoms with van der Waals surface area (Å²) in [5.41, 5.74) is 2.70. The zero-order valence-electron chi connectivity index (χ0n) is 26.6. The van der Waals surface area contributed by atoms with E-state index >= 15 is 0 Å². The lowest BCUT2D eigenvalue weighted by Gasteiger charge is -2.06. The van der Waals surface area contributed by atoms with Gasteiger partial charge in [-0.05, 0) is 0 Å². The first kappa shape index (κ1) is 36.3. The molecule has 0 saturated heterocycles. The van der Waals surface area contributed by atoms with Crippen LogP contribution < -0.4 is 17.1 Å². The average Bonchev–Trinajstić information content (AvgIpc) is 3.67. The molecule has 0 unspecified atom stereocenters. The Morgan fingerprint density at radius 1 is 0.867 bits per heavy atom. The summed E-state index contributed by atoms with van der Waals surface area (Å²) in [7, 11) is -1.43. The molecule has 4 rings (SSSR count). The van der Waals surface area contributed by atoms with Crippen molar-refractivity contribution in [2.75, 3.05) is 34.2 Å². The van der Waals surface area contributed by atoms with Crippen molar-refractivity contribution in [3.05, 3.63) is 70.0 Å². The van der Waals surface area contributed by atoms with Crippen LogP contribution >= 0.6 is 0 Å². The molecule has 0 aliphatic carbocycles. The van der Waals surface area contributed by atoms with Crippen LogP contribution in [0.2, 0.25) is 0 Å². The fourth-order valence-electron chi connectivity index (χ4n) is 2.69. The lowest BCUT2D eigenvalue weighted by molar-refractivity contribution is 0.568. The van der Waals surface area contributed by atoms with Gasteiger partial charge in [0.25, 0.3) is 20.0 Å². The van der Waals surface area contributed by atoms with Crippen LogP contribution in [0.3, 0.4) is 0 Å². The Morgan fingerprint density at radius 3 is 1.64 bits per heavy atom. The maximum atomic E-state index is 13.9. The SMILES string of the molecule is CF.CN(C)C=Nc1nc(=O)n(S(=O)(=O)c2cn(C)cn2)cc1F.Cn1cnc(S(=O)(=O)n2cc(F)c(N)nc2=O)c1.[2H]C.[2H]CF. The molecule has 250 valence electrons. The first-order valence-electron chi connectivity index (χ1n) is 12.9. The third-order valence-electron chi connectivity index (χ3n) is 4.53. The highest BCUT2D eigenvalue weighted by Gasteiger charge is 2.24. The molecule has 0 aromatic carbocycles. The molecule has 0 aliphatic rings. The van der Waals surface area contributed by atoms with Crippen LogP contribution in [-0.4, -0.2) is 93.5 Å². The Morgan fingerprint density at radius 2 is 1.27 bits per heavy atom. The van der Waals surface area contributed by atoms with E-state index in [1.165, 1.54) is 52.8 Å². The van der Waals surface area contributed by atoms with Crippen molar-refractivity contribution in [1.82, 2.24) is 41.9 Å². The standard InChI is InChI=1S/C11H13FN6O3S.C8H8FN5O3S.2CH3F.CH4/c1-16(2)6-14-10-8(12)4-18(11(19)15-10)22(20,21)9-5-17(3)7-13-9;1-13-3-6(11-4-13)18(16,17)14-2-5(9)7(10)12-8(14)15;2*1-2;/h4-7H,1-3H3;2-4H,1H3,(H2,10,12,15);2*1H3;1H4/i;;1D;;1D. The molecular weight excluding hydrogens is 654 g/mol. The molecule has 4 heterocycles. The molecule has 0 bridgehead atoms. The smallest absolute Gasteiger partial charge is 0.363 e. The fraction of sp³-hybridized carbons (Fsp3) is 0.318. The average molecular weight is 688 g/mol. The van der Waals surface area contributed by atoms with Crippen LogP contribution in [0.25, 0.3) is 0 Å². The second-order valence-corrected chi connectivity index (χ2v) is 11.5. The fourth-order valence-corrected chi connectivity index (χ4v) is 5.01. The number of hydrogen-bond donors (Lipinski definition) is 1. The molecule has 4 aromatic rings. The van der Waals surface area contributed by atoms with Crippen LogP contribution in [0.1, 0.15) is 10.1 Å². The number of aryl methyl sites for hydroxylation is 2. The number of imidazole rings is 2. The van der Waals surface area contributed by atoms with Gasteiger partial charge in [-0.25, -0.2) is 33.3 Å². The van der Waals surface area contributed by atoms with E-state index in [9.17, 15) is 44.0 Å². The molecule has 0 radical (unpaired) electrons. The highest BCUT2D eigenvalue weighted by Crippen LogP contribution is 2.14. The van der Waals surface area contributed by atoms with E-state index in [4.69, 9.17) is 8.48 Å². The van der Waals surface area contributed by atoms with Gasteiger partial charge in [-0.15, -0.1) is 0 Å². The molecule has 0 saturated carbocycles. The van der Waals surface area contributed by atoms with Gasteiger partial charge in [-0.2, -0.15) is 34.7 Å². The molecular formula is C22H31F4N11O6S2. The first-order chi connectivity index (χ1) is 21.9. The van der Waals surface area contributed by atoms with Gasteiger partial charge in [-0.1, -0.05) is 7.40 Å². The summed E-state index contributed by atoms with van der Waals surface area (Å²) in [6.45, 7) is 0. The Labute approximate surface area is 257 Å². The van der Waals surface area contributed by atoms with Gasteiger partial charge >= 0.3 is 11.4 Å². The monoisotopic (exact) mass is 687 g/mol. The van der Waals surface area contributed by atoms with Crippen LogP contribution in [-0.2, 0) is 34.1 Å². The summed E-state index contributed by atoms with van der Waals surface area (Å²) < 4.78 is 109. The number of hydrogen-bond acceptors (Lipinski definition) is 12. The number of rotatable bonds is 6. The Bertz CT molecular complexity index is 1970. The Hall–Kier alpha value is -4.93. The van der Waals surface area contributed by atoms with E-state index in [0.717, 1.165) is 0 Å². The van der Waals surface area contributed by atoms with Crippen molar-refractivity contribution in [3.63, 3.8) is 0 Å². The quantitative estimate of drug-likeness (QED) is 0.165. The molecule has 0 spiro atoms. The summed E-state index contributed by atoms with van der Waals surface area (Å²) in [6.07, 6.45) is 7.09. The van der Waals surface area contributed by atoms with Crippen LogP contribution in [0.4, 0.5) is 29.2 Å². The van der Waals surface area contributed by atoms with Gasteiger partial charge in [0.1, 0.15) is 0 Å². The third kappa shape index (κ3) is 9.79. The van der Waals surface area contributed by atoms with Crippen LogP contribution in [0.15, 0.2) is 62.1 Å². The first-order valence-corrected chi connectivity index (χ1v) is 14.1. The van der Waals surface area contributed by atoms with E-state index in [1.807, 2.05) is 0 Å². The van der Waals surface area contributed by atoms with Crippen molar-refractivity contribution in [2.24, 2.45) is 19.1 Å². The number of alkyl halides is 2. The number of aromatic nitrogens is 8. The van der Waals surface area contributed by atoms with Crippen LogP contribution in [0.5, 0.6) is 0 Å². The Kier molecular flexibility index (Phi) is 13.5. The summed E-state index contributed by atoms with van der Waals surface area (Å²) in [5, 5.41) is -0.777. The maximum absolute atomic E-state index is 13.9. The zero-order valence-corrected chi connectivity index (χ0v) is 26.2. The normalized spacial score (nSPS) is 11.2. The summed E-state index contributed by atoms with van der Waals surface area (Å²) in [4.78, 5) is 42.1. The minimum Gasteiger partial charge on any atom is -0.381 e. The van der Waals surface area contributed by atoms with Crippen molar-refractivity contribution < 1.29 is 37.1 Å². The lowest BCUT2D eigenvalue weighted by Crippen LogP contribution is -2.30. The molecule has 17 nitrogen and oxygen atoms in total. The molecule has 45 heavy (non-hydrogen) atoms. The second kappa shape index (κ2) is 16.8. The van der Waals surface area contributed by atoms with Gasteiger partial charge in [0, 0.05) is 42.0 Å². The second-order valence-electron chi connectivity index (χ2n) is 8.02. The number of nitrogens with two attached hydrogens (primary N) is 1. The van der Waals surface area contributed by atoms with Gasteiger partial charge < -0.3 is 19.8 Å². The molecule has 0 aliphatic heterocycles. The highest BCUT2D eigenvalue weighted by molar-refractivity contribution is 7.90. The van der Waals surface area contributed by atoms with Crippen molar-refractivity contribution in [3.8, 4) is 0 Å². The Balaban J connectivity index is 0.000000766. The van der Waals surface area contributed by atoms with E-state index in [2.05, 4.69) is 24.9 Å². The predicted octanol–water partition coefficient (Wildman–Crippen LogP) is 0.317. The molecule has 4 aromatic heterocycles. The van der Waals surface area contributed by atoms with E-state index in [1.54, 1.807) is 28.2 Å². The van der Waals surface area contributed by atoms with E-state index < -0.39 is 66.9 Å². The molecule has 0 fully saturated rings. The minimum absolute atomic E-state index is 0.154. The number of halogens is 4. The molecule has 2 N–H and O–H groups in total. The van der Waals surface area contributed by atoms with E-state index in [-0.39, 0.29) is 13.0 Å². The van der Waals surface area contributed by atoms with Gasteiger partial charge in [0.15, 0.2) is 33.3 Å². The summed E-state index contributed by atoms with van der Waals surface area (Å²) in [6, 6.07) is 0. The van der Waals surface area contributed by atoms with Crippen molar-refractivity contribution >= 4 is 38.0 Å². The zero-order chi connectivity index (χ0) is 36.7. The molecule has 0 atom stereocenters. The number of nitrogen functional groups attached to an aromatic ring is 1. The van der Waals surface area contributed by atoms with E-state index in [0.29, 0.717) is 19.6 Å². The van der Waals surface area contributed by atoms with Crippen molar-refractivity contribution in [1.29, 1.82) is 0 Å². The maximum Gasteiger partial charge on any atom is 0.363 e. The number of aliphatic imine (C=N–C) groups is 1. The predicted molar refractivity (Wildman–Crippen MR) is 156 cm³/mol. The van der Waals surface area contributed by atoms with Crippen LogP contribution in [0, 0.1) is 11.6 Å². The molecule has 23 heteroatoms.